The molecular weight excluding hydrogens is 260 g/mol. The highest BCUT2D eigenvalue weighted by molar-refractivity contribution is 7.07. The first-order valence-corrected chi connectivity index (χ1v) is 6.86. The molecule has 4 nitrogen and oxygen atoms in total. The van der Waals surface area contributed by atoms with Crippen molar-refractivity contribution in [3.8, 4) is 0 Å². The molecule has 0 fully saturated rings. The molecule has 0 atom stereocenters. The Kier molecular flexibility index (Phi) is 2.71. The average molecular weight is 272 g/mol. The van der Waals surface area contributed by atoms with E-state index in [1.165, 1.54) is 16.2 Å². The molecule has 1 aliphatic rings. The molecule has 0 radical (unpaired) electrons. The molecule has 5 heteroatoms. The van der Waals surface area contributed by atoms with Crippen molar-refractivity contribution >= 4 is 28.7 Å². The molecule has 0 aliphatic carbocycles. The fourth-order valence-corrected chi connectivity index (χ4v) is 2.98. The second-order valence-corrected chi connectivity index (χ2v) is 5.39. The molecule has 0 saturated carbocycles. The van der Waals surface area contributed by atoms with Crippen LogP contribution in [0.25, 0.3) is 0 Å². The summed E-state index contributed by atoms with van der Waals surface area (Å²) in [5, 5.41) is 1.89. The first-order chi connectivity index (χ1) is 9.08. The summed E-state index contributed by atoms with van der Waals surface area (Å²) in [4.78, 5) is 29.9. The molecule has 96 valence electrons. The number of benzene rings is 1. The van der Waals surface area contributed by atoms with E-state index in [1.807, 2.05) is 31.4 Å². The van der Waals surface area contributed by atoms with E-state index in [2.05, 4.69) is 4.98 Å². The van der Waals surface area contributed by atoms with Crippen LogP contribution < -0.4 is 4.90 Å². The SMILES string of the molecule is Cc1cc(C)c2c(c1)N(Cc1cscn1)C(=O)C2=O. The van der Waals surface area contributed by atoms with Crippen LogP contribution in [0.1, 0.15) is 27.2 Å². The summed E-state index contributed by atoms with van der Waals surface area (Å²) in [6.07, 6.45) is 0. The zero-order chi connectivity index (χ0) is 13.6. The van der Waals surface area contributed by atoms with Crippen molar-refractivity contribution < 1.29 is 9.59 Å². The maximum Gasteiger partial charge on any atom is 0.299 e. The second kappa shape index (κ2) is 4.28. The summed E-state index contributed by atoms with van der Waals surface area (Å²) in [6, 6.07) is 3.81. The van der Waals surface area contributed by atoms with E-state index in [-0.39, 0.29) is 0 Å². The second-order valence-electron chi connectivity index (χ2n) is 4.68. The monoisotopic (exact) mass is 272 g/mol. The Labute approximate surface area is 114 Å². The van der Waals surface area contributed by atoms with Gasteiger partial charge in [0, 0.05) is 5.38 Å². The number of amides is 1. The summed E-state index contributed by atoms with van der Waals surface area (Å²) in [5.74, 6) is -0.876. The number of hydrogen-bond acceptors (Lipinski definition) is 4. The van der Waals surface area contributed by atoms with Crippen molar-refractivity contribution in [1.29, 1.82) is 0 Å². The first-order valence-electron chi connectivity index (χ1n) is 5.92. The van der Waals surface area contributed by atoms with Gasteiger partial charge >= 0.3 is 0 Å². The molecule has 0 unspecified atom stereocenters. The number of thiazole rings is 1. The molecule has 3 rings (SSSR count). The fourth-order valence-electron chi connectivity index (χ4n) is 2.43. The number of carbonyl (C=O) groups is 2. The van der Waals surface area contributed by atoms with Gasteiger partial charge in [-0.05, 0) is 31.0 Å². The van der Waals surface area contributed by atoms with Crippen molar-refractivity contribution in [2.75, 3.05) is 4.90 Å². The highest BCUT2D eigenvalue weighted by Gasteiger charge is 2.37. The van der Waals surface area contributed by atoms with Gasteiger partial charge in [-0.25, -0.2) is 4.98 Å². The van der Waals surface area contributed by atoms with Crippen LogP contribution in [-0.2, 0) is 11.3 Å². The fraction of sp³-hybridized carbons (Fsp3) is 0.214. The van der Waals surface area contributed by atoms with E-state index in [1.54, 1.807) is 5.51 Å². The van der Waals surface area contributed by atoms with E-state index in [0.29, 0.717) is 17.8 Å². The Hall–Kier alpha value is -2.01. The van der Waals surface area contributed by atoms with Crippen LogP contribution in [0.3, 0.4) is 0 Å². The van der Waals surface area contributed by atoms with Crippen LogP contribution in [-0.4, -0.2) is 16.7 Å². The van der Waals surface area contributed by atoms with Gasteiger partial charge < -0.3 is 0 Å². The standard InChI is InChI=1S/C14H12N2O2S/c1-8-3-9(2)12-11(4-8)16(14(18)13(12)17)5-10-6-19-7-15-10/h3-4,6-7H,5H2,1-2H3. The third-order valence-corrected chi connectivity index (χ3v) is 3.86. The number of Topliss-reactive ketones (excluding diaryl/α,β-unsaturated/α-hetero) is 1. The van der Waals surface area contributed by atoms with E-state index < -0.39 is 11.7 Å². The molecule has 1 aromatic carbocycles. The Morgan fingerprint density at radius 3 is 2.74 bits per heavy atom. The number of hydrogen-bond donors (Lipinski definition) is 0. The maximum atomic E-state index is 12.1. The highest BCUT2D eigenvalue weighted by Crippen LogP contribution is 2.33. The van der Waals surface area contributed by atoms with Crippen LogP contribution in [0.2, 0.25) is 0 Å². The minimum absolute atomic E-state index is 0.351. The Bertz CT molecular complexity index is 677. The van der Waals surface area contributed by atoms with Crippen molar-refractivity contribution in [3.05, 3.63) is 45.4 Å². The number of aromatic nitrogens is 1. The van der Waals surface area contributed by atoms with Gasteiger partial charge in [0.25, 0.3) is 11.7 Å². The van der Waals surface area contributed by atoms with Gasteiger partial charge in [-0.1, -0.05) is 6.07 Å². The van der Waals surface area contributed by atoms with Gasteiger partial charge in [0.1, 0.15) is 0 Å². The normalized spacial score (nSPS) is 14.1. The van der Waals surface area contributed by atoms with Crippen LogP contribution in [0, 0.1) is 13.8 Å². The van der Waals surface area contributed by atoms with Crippen LogP contribution in [0.15, 0.2) is 23.0 Å². The van der Waals surface area contributed by atoms with E-state index in [9.17, 15) is 9.59 Å². The molecule has 0 spiro atoms. The van der Waals surface area contributed by atoms with Gasteiger partial charge in [0.15, 0.2) is 0 Å². The first kappa shape index (κ1) is 12.0. The zero-order valence-electron chi connectivity index (χ0n) is 10.6. The Morgan fingerprint density at radius 2 is 2.05 bits per heavy atom. The van der Waals surface area contributed by atoms with Crippen LogP contribution in [0.4, 0.5) is 5.69 Å². The zero-order valence-corrected chi connectivity index (χ0v) is 11.5. The summed E-state index contributed by atoms with van der Waals surface area (Å²) in [5.41, 5.74) is 5.67. The number of carbonyl (C=O) groups excluding carboxylic acids is 2. The van der Waals surface area contributed by atoms with E-state index in [4.69, 9.17) is 0 Å². The van der Waals surface area contributed by atoms with Crippen LogP contribution >= 0.6 is 11.3 Å². The minimum Gasteiger partial charge on any atom is -0.299 e. The van der Waals surface area contributed by atoms with Gasteiger partial charge in [0.2, 0.25) is 0 Å². The third kappa shape index (κ3) is 1.86. The van der Waals surface area contributed by atoms with Crippen LogP contribution in [0.5, 0.6) is 0 Å². The summed E-state index contributed by atoms with van der Waals surface area (Å²) in [6.45, 7) is 4.18. The van der Waals surface area contributed by atoms with Crippen molar-refractivity contribution in [2.45, 2.75) is 20.4 Å². The molecule has 0 N–H and O–H groups in total. The molecule has 1 aliphatic heterocycles. The lowest BCUT2D eigenvalue weighted by Crippen LogP contribution is -2.29. The molecule has 2 aromatic rings. The molecule has 0 saturated heterocycles. The topological polar surface area (TPSA) is 50.3 Å². The van der Waals surface area contributed by atoms with Gasteiger partial charge in [0.05, 0.1) is 29.0 Å². The van der Waals surface area contributed by atoms with Crippen molar-refractivity contribution in [3.63, 3.8) is 0 Å². The molecule has 1 aromatic heterocycles. The minimum atomic E-state index is -0.461. The third-order valence-electron chi connectivity index (χ3n) is 3.22. The number of ketones is 1. The molecular formula is C14H12N2O2S. The predicted molar refractivity (Wildman–Crippen MR) is 73.6 cm³/mol. The largest absolute Gasteiger partial charge is 0.299 e. The number of aryl methyl sites for hydroxylation is 2. The van der Waals surface area contributed by atoms with Gasteiger partial charge in [-0.3, -0.25) is 14.5 Å². The maximum absolute atomic E-state index is 12.1. The van der Waals surface area contributed by atoms with E-state index in [0.717, 1.165) is 16.8 Å². The summed E-state index contributed by atoms with van der Waals surface area (Å²) in [7, 11) is 0. The molecule has 1 amide bonds. The summed E-state index contributed by atoms with van der Waals surface area (Å²) < 4.78 is 0. The quantitative estimate of drug-likeness (QED) is 0.789. The molecule has 2 heterocycles. The number of anilines is 1. The summed E-state index contributed by atoms with van der Waals surface area (Å²) >= 11 is 1.48. The number of fused-ring (bicyclic) bond motifs is 1. The number of rotatable bonds is 2. The van der Waals surface area contributed by atoms with Crippen molar-refractivity contribution in [1.82, 2.24) is 4.98 Å². The Balaban J connectivity index is 2.09. The lowest BCUT2D eigenvalue weighted by atomic mass is 10.0. The highest BCUT2D eigenvalue weighted by atomic mass is 32.1. The van der Waals surface area contributed by atoms with Crippen molar-refractivity contribution in [2.24, 2.45) is 0 Å². The lowest BCUT2D eigenvalue weighted by Gasteiger charge is -2.16. The average Bonchev–Trinajstić information content (AvgIpc) is 2.93. The van der Waals surface area contributed by atoms with Gasteiger partial charge in [-0.2, -0.15) is 0 Å². The molecule has 0 bridgehead atoms. The predicted octanol–water partition coefficient (Wildman–Crippen LogP) is 2.49. The number of nitrogens with zero attached hydrogens (tertiary/aromatic N) is 2. The van der Waals surface area contributed by atoms with Gasteiger partial charge in [-0.15, -0.1) is 11.3 Å². The Morgan fingerprint density at radius 1 is 1.26 bits per heavy atom. The lowest BCUT2D eigenvalue weighted by molar-refractivity contribution is -0.114. The van der Waals surface area contributed by atoms with E-state index >= 15 is 0 Å². The molecule has 19 heavy (non-hydrogen) atoms. The smallest absolute Gasteiger partial charge is 0.299 e.